The fourth-order valence-electron chi connectivity index (χ4n) is 2.48. The summed E-state index contributed by atoms with van der Waals surface area (Å²) in [5, 5.41) is 11.7. The Morgan fingerprint density at radius 3 is 2.64 bits per heavy atom. The number of anilines is 1. The molecule has 0 radical (unpaired) electrons. The molecule has 1 amide bonds. The molecule has 0 saturated heterocycles. The van der Waals surface area contributed by atoms with Crippen molar-refractivity contribution in [3.05, 3.63) is 54.4 Å². The summed E-state index contributed by atoms with van der Waals surface area (Å²) in [4.78, 5) is 16.2. The van der Waals surface area contributed by atoms with E-state index in [1.807, 2.05) is 30.3 Å². The van der Waals surface area contributed by atoms with E-state index in [0.717, 1.165) is 5.56 Å². The Morgan fingerprint density at radius 1 is 1.21 bits per heavy atom. The second-order valence-corrected chi connectivity index (χ2v) is 7.37. The summed E-state index contributed by atoms with van der Waals surface area (Å²) in [7, 11) is -2.66. The van der Waals surface area contributed by atoms with Crippen LogP contribution in [0.5, 0.6) is 5.75 Å². The first-order valence-electron chi connectivity index (χ1n) is 8.25. The number of carbonyl (C=O) groups excluding carboxylic acids is 1. The van der Waals surface area contributed by atoms with Crippen LogP contribution in [-0.2, 0) is 21.2 Å². The van der Waals surface area contributed by atoms with E-state index in [0.29, 0.717) is 11.7 Å². The fraction of sp³-hybridized carbons (Fsp3) is 0.167. The maximum absolute atomic E-state index is 12.2. The van der Waals surface area contributed by atoms with Gasteiger partial charge in [-0.05, 0) is 18.2 Å². The van der Waals surface area contributed by atoms with Gasteiger partial charge in [-0.1, -0.05) is 35.5 Å². The second kappa shape index (κ2) is 8.19. The number of amides is 1. The maximum Gasteiger partial charge on any atom is 0.241 e. The lowest BCUT2D eigenvalue weighted by Crippen LogP contribution is -2.16. The van der Waals surface area contributed by atoms with Gasteiger partial charge in [0.1, 0.15) is 10.6 Å². The van der Waals surface area contributed by atoms with Crippen LogP contribution >= 0.6 is 0 Å². The number of nitrogens with zero attached hydrogens (tertiary/aromatic N) is 2. The summed E-state index contributed by atoms with van der Waals surface area (Å²) < 4.78 is 33.4. The molecular weight excluding hydrogens is 384 g/mol. The summed E-state index contributed by atoms with van der Waals surface area (Å²) in [6.07, 6.45) is 0.316. The number of aromatic nitrogens is 2. The maximum atomic E-state index is 12.2. The average Bonchev–Trinajstić information content (AvgIpc) is 3.15. The van der Waals surface area contributed by atoms with Crippen LogP contribution in [0.25, 0.3) is 11.4 Å². The van der Waals surface area contributed by atoms with E-state index in [-0.39, 0.29) is 35.1 Å². The molecule has 2 aromatic carbocycles. The Morgan fingerprint density at radius 2 is 1.96 bits per heavy atom. The van der Waals surface area contributed by atoms with Crippen LogP contribution in [0.3, 0.4) is 0 Å². The summed E-state index contributed by atoms with van der Waals surface area (Å²) in [5.74, 6) is 0.530. The molecule has 3 aromatic rings. The molecule has 9 nitrogen and oxygen atoms in total. The lowest BCUT2D eigenvalue weighted by Gasteiger charge is -2.10. The van der Waals surface area contributed by atoms with Crippen molar-refractivity contribution in [2.24, 2.45) is 5.14 Å². The van der Waals surface area contributed by atoms with E-state index in [4.69, 9.17) is 14.4 Å². The molecule has 0 atom stereocenters. The molecule has 10 heteroatoms. The number of sulfonamides is 1. The Hall–Kier alpha value is -3.24. The Labute approximate surface area is 161 Å². The van der Waals surface area contributed by atoms with Crippen molar-refractivity contribution in [1.82, 2.24) is 10.1 Å². The Balaban J connectivity index is 1.63. The van der Waals surface area contributed by atoms with Gasteiger partial charge in [-0.15, -0.1) is 0 Å². The molecule has 146 valence electrons. The number of carbonyl (C=O) groups is 1. The van der Waals surface area contributed by atoms with Crippen molar-refractivity contribution >= 4 is 21.6 Å². The first-order chi connectivity index (χ1) is 13.4. The van der Waals surface area contributed by atoms with Gasteiger partial charge in [0.2, 0.25) is 27.6 Å². The van der Waals surface area contributed by atoms with Gasteiger partial charge in [0.05, 0.1) is 7.11 Å². The zero-order chi connectivity index (χ0) is 20.1. The normalized spacial score (nSPS) is 11.2. The van der Waals surface area contributed by atoms with E-state index in [2.05, 4.69) is 15.5 Å². The highest BCUT2D eigenvalue weighted by Gasteiger charge is 2.17. The highest BCUT2D eigenvalue weighted by atomic mass is 32.2. The molecule has 0 aliphatic carbocycles. The largest absolute Gasteiger partial charge is 0.495 e. The van der Waals surface area contributed by atoms with Crippen LogP contribution in [-0.4, -0.2) is 31.6 Å². The number of rotatable bonds is 7. The van der Waals surface area contributed by atoms with E-state index >= 15 is 0 Å². The lowest BCUT2D eigenvalue weighted by atomic mass is 10.2. The zero-order valence-electron chi connectivity index (χ0n) is 15.0. The highest BCUT2D eigenvalue weighted by Crippen LogP contribution is 2.26. The summed E-state index contributed by atoms with van der Waals surface area (Å²) in [5.41, 5.74) is 1.10. The van der Waals surface area contributed by atoms with Gasteiger partial charge in [0.25, 0.3) is 0 Å². The zero-order valence-corrected chi connectivity index (χ0v) is 15.8. The SMILES string of the molecule is COc1ccc(NC(=O)CCc2nc(-c3ccccc3)no2)cc1S(N)(=O)=O. The van der Waals surface area contributed by atoms with Gasteiger partial charge < -0.3 is 14.6 Å². The predicted octanol–water partition coefficient (Wildman–Crippen LogP) is 1.96. The van der Waals surface area contributed by atoms with Crippen LogP contribution in [0.2, 0.25) is 0 Å². The number of nitrogens with two attached hydrogens (primary N) is 1. The fourth-order valence-corrected chi connectivity index (χ4v) is 3.20. The van der Waals surface area contributed by atoms with Crippen molar-refractivity contribution in [3.63, 3.8) is 0 Å². The van der Waals surface area contributed by atoms with Crippen molar-refractivity contribution < 1.29 is 22.5 Å². The highest BCUT2D eigenvalue weighted by molar-refractivity contribution is 7.89. The molecule has 0 aliphatic heterocycles. The van der Waals surface area contributed by atoms with Gasteiger partial charge in [-0.25, -0.2) is 13.6 Å². The first-order valence-corrected chi connectivity index (χ1v) is 9.80. The van der Waals surface area contributed by atoms with E-state index in [1.54, 1.807) is 0 Å². The van der Waals surface area contributed by atoms with Crippen LogP contribution in [0, 0.1) is 0 Å². The minimum atomic E-state index is -3.99. The van der Waals surface area contributed by atoms with E-state index in [1.165, 1.54) is 25.3 Å². The number of primary sulfonamides is 1. The van der Waals surface area contributed by atoms with Gasteiger partial charge in [0.15, 0.2) is 0 Å². The molecule has 0 bridgehead atoms. The van der Waals surface area contributed by atoms with Crippen LogP contribution in [0.4, 0.5) is 5.69 Å². The number of hydrogen-bond acceptors (Lipinski definition) is 7. The van der Waals surface area contributed by atoms with Crippen LogP contribution in [0.1, 0.15) is 12.3 Å². The van der Waals surface area contributed by atoms with E-state index in [9.17, 15) is 13.2 Å². The quantitative estimate of drug-likeness (QED) is 0.616. The molecule has 0 saturated carbocycles. The summed E-state index contributed by atoms with van der Waals surface area (Å²) in [6, 6.07) is 13.5. The molecule has 3 rings (SSSR count). The van der Waals surface area contributed by atoms with Gasteiger partial charge in [-0.2, -0.15) is 4.98 Å². The molecular formula is C18H18N4O5S. The summed E-state index contributed by atoms with van der Waals surface area (Å²) >= 11 is 0. The predicted molar refractivity (Wildman–Crippen MR) is 101 cm³/mol. The average molecular weight is 402 g/mol. The molecule has 28 heavy (non-hydrogen) atoms. The lowest BCUT2D eigenvalue weighted by molar-refractivity contribution is -0.116. The number of benzene rings is 2. The monoisotopic (exact) mass is 402 g/mol. The first kappa shape index (κ1) is 19.5. The van der Waals surface area contributed by atoms with Crippen LogP contribution in [0.15, 0.2) is 57.9 Å². The Bertz CT molecular complexity index is 1080. The molecule has 0 fully saturated rings. The van der Waals surface area contributed by atoms with E-state index < -0.39 is 10.0 Å². The molecule has 0 unspecified atom stereocenters. The van der Waals surface area contributed by atoms with Gasteiger partial charge in [-0.3, -0.25) is 4.79 Å². The third-order valence-electron chi connectivity index (χ3n) is 3.82. The third kappa shape index (κ3) is 4.72. The Kier molecular flexibility index (Phi) is 5.71. The third-order valence-corrected chi connectivity index (χ3v) is 4.75. The number of methoxy groups -OCH3 is 1. The minimum absolute atomic E-state index is 0.0765. The minimum Gasteiger partial charge on any atom is -0.495 e. The number of aryl methyl sites for hydroxylation is 1. The standard InChI is InChI=1S/C18H18N4O5S/c1-26-14-8-7-13(11-15(14)28(19,24)25)20-16(23)9-10-17-21-18(22-27-17)12-5-3-2-4-6-12/h2-8,11H,9-10H2,1H3,(H,20,23)(H2,19,24,25). The van der Waals surface area contributed by atoms with Gasteiger partial charge >= 0.3 is 0 Å². The second-order valence-electron chi connectivity index (χ2n) is 5.84. The summed E-state index contributed by atoms with van der Waals surface area (Å²) in [6.45, 7) is 0. The number of hydrogen-bond donors (Lipinski definition) is 2. The topological polar surface area (TPSA) is 137 Å². The van der Waals surface area contributed by atoms with Crippen molar-refractivity contribution in [1.29, 1.82) is 0 Å². The molecule has 1 aromatic heterocycles. The number of ether oxygens (including phenoxy) is 1. The smallest absolute Gasteiger partial charge is 0.241 e. The van der Waals surface area contributed by atoms with Crippen molar-refractivity contribution in [3.8, 4) is 17.1 Å². The molecule has 0 aliphatic rings. The molecule has 0 spiro atoms. The molecule has 1 heterocycles. The van der Waals surface area contributed by atoms with Gasteiger partial charge in [0, 0.05) is 24.1 Å². The van der Waals surface area contributed by atoms with Crippen molar-refractivity contribution in [2.45, 2.75) is 17.7 Å². The number of nitrogens with one attached hydrogen (secondary N) is 1. The molecule has 3 N–H and O–H groups in total. The van der Waals surface area contributed by atoms with Crippen LogP contribution < -0.4 is 15.2 Å². The van der Waals surface area contributed by atoms with Crippen molar-refractivity contribution in [2.75, 3.05) is 12.4 Å².